The van der Waals surface area contributed by atoms with Crippen LogP contribution in [0.5, 0.6) is 34.5 Å². The molecule has 2 aliphatic rings. The molecule has 3 unspecified atom stereocenters. The predicted molar refractivity (Wildman–Crippen MR) is 206 cm³/mol. The molecule has 4 N–H and O–H groups in total. The average molecular weight is 743 g/mol. The maximum Gasteiger partial charge on any atom is 0.295 e. The van der Waals surface area contributed by atoms with E-state index >= 15 is 0 Å². The summed E-state index contributed by atoms with van der Waals surface area (Å²) in [5, 5.41) is 22.7. The third-order valence-electron chi connectivity index (χ3n) is 11.8. The zero-order chi connectivity index (χ0) is 38.7. The van der Waals surface area contributed by atoms with Crippen molar-refractivity contribution < 1.29 is 38.3 Å². The highest BCUT2D eigenvalue weighted by atomic mass is 28.4. The number of likely N-dealkylation sites (N-methyl/N-ethyl adjacent to an activating group) is 1. The molecule has 290 valence electrons. The minimum Gasteiger partial charge on any atom is -0.504 e. The molecule has 2 aromatic carbocycles. The monoisotopic (exact) mass is 742 g/mol. The highest BCUT2D eigenvalue weighted by Gasteiger charge is 2.48. The number of ether oxygens (including phenoxy) is 5. The molecule has 4 rings (SSSR count). The highest BCUT2D eigenvalue weighted by molar-refractivity contribution is 6.75. The zero-order valence-corrected chi connectivity index (χ0v) is 34.3. The Hall–Kier alpha value is -3.25. The Labute approximate surface area is 312 Å². The van der Waals surface area contributed by atoms with Gasteiger partial charge in [-0.1, -0.05) is 27.7 Å². The van der Waals surface area contributed by atoms with Gasteiger partial charge in [0.05, 0.1) is 47.2 Å². The first-order valence-electron chi connectivity index (χ1n) is 18.3. The molecule has 0 bridgehead atoms. The minimum absolute atomic E-state index is 0.00594. The Morgan fingerprint density at radius 1 is 0.981 bits per heavy atom. The van der Waals surface area contributed by atoms with Gasteiger partial charge in [0.2, 0.25) is 0 Å². The molecule has 0 spiro atoms. The van der Waals surface area contributed by atoms with Crippen LogP contribution in [-0.2, 0) is 22.0 Å². The van der Waals surface area contributed by atoms with E-state index in [9.17, 15) is 10.2 Å². The molecule has 12 nitrogen and oxygen atoms in total. The van der Waals surface area contributed by atoms with Gasteiger partial charge < -0.3 is 44.1 Å². The van der Waals surface area contributed by atoms with Crippen LogP contribution in [-0.4, -0.2) is 114 Å². The predicted octanol–water partition coefficient (Wildman–Crippen LogP) is 5.96. The summed E-state index contributed by atoms with van der Waals surface area (Å²) in [7, 11) is 6.29. The lowest BCUT2D eigenvalue weighted by molar-refractivity contribution is -0.0593. The van der Waals surface area contributed by atoms with Crippen LogP contribution < -0.4 is 24.7 Å². The molecular formula is C39H62N4O8Si. The number of methoxy groups -OCH3 is 4. The van der Waals surface area contributed by atoms with E-state index in [1.54, 1.807) is 20.3 Å². The molecule has 13 heteroatoms. The molecule has 0 saturated carbocycles. The van der Waals surface area contributed by atoms with E-state index in [-0.39, 0.29) is 30.1 Å². The molecule has 5 atom stereocenters. The van der Waals surface area contributed by atoms with Gasteiger partial charge in [0.15, 0.2) is 31.3 Å². The third-order valence-corrected chi connectivity index (χ3v) is 17.2. The van der Waals surface area contributed by atoms with Crippen LogP contribution in [0.25, 0.3) is 4.85 Å². The summed E-state index contributed by atoms with van der Waals surface area (Å²) < 4.78 is 35.8. The Morgan fingerprint density at radius 3 is 2.13 bits per heavy atom. The van der Waals surface area contributed by atoms with Gasteiger partial charge in [-0.25, -0.2) is 11.5 Å². The first-order valence-corrected chi connectivity index (χ1v) is 20.9. The number of morpholine rings is 1. The zero-order valence-electron chi connectivity index (χ0n) is 33.3. The van der Waals surface area contributed by atoms with Crippen molar-refractivity contribution in [3.63, 3.8) is 0 Å². The second-order valence-electron chi connectivity index (χ2n) is 15.1. The molecule has 2 heterocycles. The van der Waals surface area contributed by atoms with Crippen LogP contribution in [0.1, 0.15) is 68.0 Å². The van der Waals surface area contributed by atoms with Gasteiger partial charge in [0, 0.05) is 54.4 Å². The number of aromatic hydroxyl groups is 2. The average Bonchev–Trinajstić information content (AvgIpc) is 3.09. The fraction of sp³-hybridized carbons (Fsp3) is 0.667. The fourth-order valence-corrected chi connectivity index (χ4v) is 11.0. The number of nitrogens with zero attached hydrogens (tertiary/aromatic N) is 3. The lowest BCUT2D eigenvalue weighted by atomic mass is 9.80. The molecule has 2 aliphatic heterocycles. The normalized spacial score (nSPS) is 21.1. The summed E-state index contributed by atoms with van der Waals surface area (Å²) in [5.74, 6) is 1.83. The number of nitrogens with two attached hydrogens (primary N) is 1. The maximum absolute atomic E-state index is 11.8. The third kappa shape index (κ3) is 7.83. The van der Waals surface area contributed by atoms with Crippen molar-refractivity contribution in [1.82, 2.24) is 9.80 Å². The molecule has 52 heavy (non-hydrogen) atoms. The molecule has 0 radical (unpaired) electrons. The number of fused-ring (bicyclic) bond motifs is 1. The van der Waals surface area contributed by atoms with Crippen LogP contribution in [0.15, 0.2) is 6.07 Å². The molecule has 1 saturated heterocycles. The summed E-state index contributed by atoms with van der Waals surface area (Å²) in [4.78, 5) is 8.62. The van der Waals surface area contributed by atoms with Gasteiger partial charge in [-0.3, -0.25) is 9.74 Å². The number of phenols is 2. The van der Waals surface area contributed by atoms with Crippen LogP contribution in [0.3, 0.4) is 0 Å². The Balaban J connectivity index is 1.72. The van der Waals surface area contributed by atoms with Gasteiger partial charge in [0.1, 0.15) is 17.5 Å². The largest absolute Gasteiger partial charge is 0.504 e. The maximum atomic E-state index is 11.8. The van der Waals surface area contributed by atoms with E-state index < -0.39 is 26.6 Å². The number of hydrogen-bond acceptors (Lipinski definition) is 11. The quantitative estimate of drug-likeness (QED) is 0.147. The second-order valence-corrected chi connectivity index (χ2v) is 20.1. The molecule has 0 amide bonds. The van der Waals surface area contributed by atoms with Crippen molar-refractivity contribution in [3.05, 3.63) is 45.3 Å². The van der Waals surface area contributed by atoms with Gasteiger partial charge >= 0.3 is 0 Å². The minimum atomic E-state index is -1.90. The number of rotatable bonds is 15. The summed E-state index contributed by atoms with van der Waals surface area (Å²) in [6.45, 7) is 26.0. The van der Waals surface area contributed by atoms with Crippen molar-refractivity contribution >= 4 is 8.32 Å². The fourth-order valence-electron chi connectivity index (χ4n) is 8.41. The van der Waals surface area contributed by atoms with E-state index in [0.717, 1.165) is 12.0 Å². The Bertz CT molecular complexity index is 1590. The van der Waals surface area contributed by atoms with Crippen molar-refractivity contribution in [2.45, 2.75) is 109 Å². The Morgan fingerprint density at radius 2 is 1.58 bits per heavy atom. The molecular weight excluding hydrogens is 681 g/mol. The van der Waals surface area contributed by atoms with Crippen LogP contribution in [0.2, 0.25) is 17.6 Å². The lowest BCUT2D eigenvalue weighted by Gasteiger charge is -2.46. The van der Waals surface area contributed by atoms with Crippen LogP contribution in [0.4, 0.5) is 0 Å². The molecule has 1 fully saturated rings. The molecule has 2 aromatic rings. The van der Waals surface area contributed by atoms with Crippen molar-refractivity contribution in [3.8, 4) is 34.5 Å². The first-order chi connectivity index (χ1) is 24.6. The van der Waals surface area contributed by atoms with E-state index in [4.69, 9.17) is 40.4 Å². The SMILES string of the molecule is [C-]#[N+][C@@H](C1Cc2c(OC)c(C)c(OC)c(O)c2C(C(N)Cc2cc(O)c(OC)c(C)c2OC)N1C)N1CCO[C@@H](CCO[Si](C)(C(C)C)C(C)C)C1. The van der Waals surface area contributed by atoms with Crippen molar-refractivity contribution in [2.24, 2.45) is 5.73 Å². The van der Waals surface area contributed by atoms with Gasteiger partial charge in [-0.15, -0.1) is 0 Å². The topological polar surface area (TPSA) is 133 Å². The van der Waals surface area contributed by atoms with Crippen LogP contribution in [0, 0.1) is 20.4 Å². The smallest absolute Gasteiger partial charge is 0.295 e. The van der Waals surface area contributed by atoms with E-state index in [1.165, 1.54) is 14.2 Å². The molecule has 0 aromatic heterocycles. The lowest BCUT2D eigenvalue weighted by Crippen LogP contribution is -2.59. The van der Waals surface area contributed by atoms with E-state index in [0.29, 0.717) is 89.1 Å². The summed E-state index contributed by atoms with van der Waals surface area (Å²) in [6.07, 6.45) is 0.919. The van der Waals surface area contributed by atoms with Gasteiger partial charge in [-0.05, 0) is 63.0 Å². The number of benzene rings is 2. The highest BCUT2D eigenvalue weighted by Crippen LogP contribution is 2.52. The van der Waals surface area contributed by atoms with Crippen LogP contribution >= 0.6 is 0 Å². The number of phenolic OH excluding ortho intramolecular Hbond substituents is 2. The Kier molecular flexibility index (Phi) is 13.8. The van der Waals surface area contributed by atoms with Gasteiger partial charge in [-0.2, -0.15) is 0 Å². The second kappa shape index (κ2) is 17.3. The standard InChI is InChI=1S/C39H62N4O8Si/c1-22(2)52(13,23(3)4)51-16-14-27-21-43(15-17-50-27)39(41-7)30-20-28-32(34(45)38(49-12)25(6)36(28)47-10)33(42(30)8)29(40)18-26-19-31(44)37(48-11)24(5)35(26)46-9/h19,22-23,27,29-30,33,39,44-45H,14-18,20-21,40H2,1-6,8-13H3/t27-,29?,30?,33?,39+/m0/s1. The first kappa shape index (κ1) is 41.5. The summed E-state index contributed by atoms with van der Waals surface area (Å²) in [6, 6.07) is 0.143. The van der Waals surface area contributed by atoms with E-state index in [1.807, 2.05) is 20.9 Å². The van der Waals surface area contributed by atoms with Crippen molar-refractivity contribution in [2.75, 3.05) is 61.8 Å². The van der Waals surface area contributed by atoms with E-state index in [2.05, 4.69) is 48.9 Å². The molecule has 0 aliphatic carbocycles. The summed E-state index contributed by atoms with van der Waals surface area (Å²) >= 11 is 0. The van der Waals surface area contributed by atoms with Gasteiger partial charge in [0.25, 0.3) is 6.17 Å². The number of hydrogen-bond donors (Lipinski definition) is 3. The summed E-state index contributed by atoms with van der Waals surface area (Å²) in [5.41, 5.74) is 11.6. The van der Waals surface area contributed by atoms with Crippen molar-refractivity contribution in [1.29, 1.82) is 0 Å².